The second-order valence-electron chi connectivity index (χ2n) is 4.83. The minimum Gasteiger partial charge on any atom is -0.320 e. The molecule has 0 saturated heterocycles. The SMILES string of the molecule is Cc1nc2cc(C(F)(F)F)c(Cl)c([N+](=O)[O-])c2n1C(C)C. The van der Waals surface area contributed by atoms with E-state index in [4.69, 9.17) is 11.6 Å². The van der Waals surface area contributed by atoms with E-state index in [-0.39, 0.29) is 17.1 Å². The van der Waals surface area contributed by atoms with E-state index in [1.54, 1.807) is 20.8 Å². The number of rotatable bonds is 2. The van der Waals surface area contributed by atoms with Gasteiger partial charge >= 0.3 is 11.9 Å². The van der Waals surface area contributed by atoms with Crippen molar-refractivity contribution in [3.63, 3.8) is 0 Å². The molecule has 0 atom stereocenters. The zero-order chi connectivity index (χ0) is 16.1. The minimum atomic E-state index is -4.79. The first-order valence-corrected chi connectivity index (χ1v) is 6.36. The van der Waals surface area contributed by atoms with Crippen LogP contribution in [0.5, 0.6) is 0 Å². The van der Waals surface area contributed by atoms with Crippen LogP contribution in [-0.2, 0) is 6.18 Å². The van der Waals surface area contributed by atoms with Crippen LogP contribution in [0.3, 0.4) is 0 Å². The number of nitro benzene ring substituents is 1. The predicted molar refractivity (Wildman–Crippen MR) is 71.5 cm³/mol. The lowest BCUT2D eigenvalue weighted by molar-refractivity contribution is -0.383. The van der Waals surface area contributed by atoms with Gasteiger partial charge in [0.25, 0.3) is 0 Å². The number of hydrogen-bond acceptors (Lipinski definition) is 3. The van der Waals surface area contributed by atoms with E-state index in [2.05, 4.69) is 4.98 Å². The number of imidazole rings is 1. The van der Waals surface area contributed by atoms with Crippen LogP contribution in [0.4, 0.5) is 18.9 Å². The Kier molecular flexibility index (Phi) is 3.61. The van der Waals surface area contributed by atoms with Crippen LogP contribution >= 0.6 is 11.6 Å². The highest BCUT2D eigenvalue weighted by molar-refractivity contribution is 6.34. The van der Waals surface area contributed by atoms with E-state index in [9.17, 15) is 23.3 Å². The van der Waals surface area contributed by atoms with Crippen molar-refractivity contribution in [3.05, 3.63) is 32.6 Å². The van der Waals surface area contributed by atoms with E-state index in [0.717, 1.165) is 6.07 Å². The number of fused-ring (bicyclic) bond motifs is 1. The van der Waals surface area contributed by atoms with Gasteiger partial charge in [-0.25, -0.2) is 4.98 Å². The smallest absolute Gasteiger partial charge is 0.320 e. The van der Waals surface area contributed by atoms with Gasteiger partial charge in [0.2, 0.25) is 0 Å². The van der Waals surface area contributed by atoms with Gasteiger partial charge in [-0.2, -0.15) is 13.2 Å². The molecule has 0 aliphatic rings. The summed E-state index contributed by atoms with van der Waals surface area (Å²) in [6, 6.07) is 0.540. The molecule has 0 aliphatic carbocycles. The number of nitrogens with zero attached hydrogens (tertiary/aromatic N) is 3. The van der Waals surface area contributed by atoms with Gasteiger partial charge in [0.05, 0.1) is 16.0 Å². The number of alkyl halides is 3. The van der Waals surface area contributed by atoms with Gasteiger partial charge in [0, 0.05) is 6.04 Å². The van der Waals surface area contributed by atoms with Crippen molar-refractivity contribution in [2.75, 3.05) is 0 Å². The third kappa shape index (κ3) is 2.44. The summed E-state index contributed by atoms with van der Waals surface area (Å²) >= 11 is 5.65. The van der Waals surface area contributed by atoms with Crippen LogP contribution < -0.4 is 0 Å². The Bertz CT molecular complexity index is 738. The summed E-state index contributed by atoms with van der Waals surface area (Å²) in [5, 5.41) is 10.3. The average molecular weight is 322 g/mol. The number of hydrogen-bond donors (Lipinski definition) is 0. The maximum absolute atomic E-state index is 12.9. The van der Waals surface area contributed by atoms with E-state index in [1.165, 1.54) is 4.57 Å². The predicted octanol–water partition coefficient (Wildman–Crippen LogP) is 4.51. The summed E-state index contributed by atoms with van der Waals surface area (Å²) in [6.07, 6.45) is -4.79. The zero-order valence-electron chi connectivity index (χ0n) is 11.3. The summed E-state index contributed by atoms with van der Waals surface area (Å²) in [7, 11) is 0. The molecule has 0 saturated carbocycles. The van der Waals surface area contributed by atoms with Crippen molar-refractivity contribution in [2.24, 2.45) is 0 Å². The first-order chi connectivity index (χ1) is 9.55. The largest absolute Gasteiger partial charge is 0.418 e. The van der Waals surface area contributed by atoms with E-state index < -0.39 is 27.4 Å². The Labute approximate surface area is 122 Å². The molecule has 21 heavy (non-hydrogen) atoms. The fourth-order valence-corrected chi connectivity index (χ4v) is 2.66. The summed E-state index contributed by atoms with van der Waals surface area (Å²) < 4.78 is 40.3. The third-order valence-electron chi connectivity index (χ3n) is 3.07. The molecule has 1 aromatic carbocycles. The Morgan fingerprint density at radius 1 is 1.43 bits per heavy atom. The lowest BCUT2D eigenvalue weighted by atomic mass is 10.1. The van der Waals surface area contributed by atoms with Crippen molar-refractivity contribution in [1.82, 2.24) is 9.55 Å². The molecule has 5 nitrogen and oxygen atoms in total. The Morgan fingerprint density at radius 2 is 2.00 bits per heavy atom. The molecule has 2 rings (SSSR count). The van der Waals surface area contributed by atoms with Crippen molar-refractivity contribution < 1.29 is 18.1 Å². The Hall–Kier alpha value is -1.83. The molecule has 0 amide bonds. The lowest BCUT2D eigenvalue weighted by Crippen LogP contribution is -2.09. The Balaban J connectivity index is 3.01. The lowest BCUT2D eigenvalue weighted by Gasteiger charge is -2.13. The molecule has 0 spiro atoms. The highest BCUT2D eigenvalue weighted by Crippen LogP contribution is 2.44. The van der Waals surface area contributed by atoms with E-state index in [0.29, 0.717) is 5.82 Å². The molecule has 9 heteroatoms. The molecule has 2 aromatic rings. The number of aryl methyl sites for hydroxylation is 1. The second kappa shape index (κ2) is 4.87. The summed E-state index contributed by atoms with van der Waals surface area (Å²) in [4.78, 5) is 14.3. The fraction of sp³-hybridized carbons (Fsp3) is 0.417. The molecule has 0 fully saturated rings. The molecular weight excluding hydrogens is 311 g/mol. The van der Waals surface area contributed by atoms with Crippen molar-refractivity contribution in [3.8, 4) is 0 Å². The molecule has 114 valence electrons. The quantitative estimate of drug-likeness (QED) is 0.604. The molecule has 0 unspecified atom stereocenters. The molecule has 0 aliphatic heterocycles. The first-order valence-electron chi connectivity index (χ1n) is 5.98. The fourth-order valence-electron chi connectivity index (χ4n) is 2.34. The minimum absolute atomic E-state index is 0.00509. The topological polar surface area (TPSA) is 61.0 Å². The summed E-state index contributed by atoms with van der Waals surface area (Å²) in [5.41, 5.74) is -2.11. The van der Waals surface area contributed by atoms with Crippen LogP contribution in [0.1, 0.15) is 31.3 Å². The van der Waals surface area contributed by atoms with Gasteiger partial charge in [-0.3, -0.25) is 10.1 Å². The average Bonchev–Trinajstić information content (AvgIpc) is 2.61. The van der Waals surface area contributed by atoms with E-state index >= 15 is 0 Å². The summed E-state index contributed by atoms with van der Waals surface area (Å²) in [6.45, 7) is 5.08. The normalized spacial score (nSPS) is 12.4. The van der Waals surface area contributed by atoms with Crippen molar-refractivity contribution >= 4 is 28.3 Å². The first kappa shape index (κ1) is 15.6. The maximum Gasteiger partial charge on any atom is 0.418 e. The van der Waals surface area contributed by atoms with Gasteiger partial charge in [-0.05, 0) is 26.8 Å². The molecule has 0 bridgehead atoms. The summed E-state index contributed by atoms with van der Waals surface area (Å²) in [5.74, 6) is 0.387. The standard InChI is InChI=1S/C12H11ClF3N3O2/c1-5(2)18-6(3)17-8-4-7(12(14,15)16)9(13)11(10(8)18)19(20)21/h4-5H,1-3H3. The highest BCUT2D eigenvalue weighted by atomic mass is 35.5. The number of benzene rings is 1. The van der Waals surface area contributed by atoms with Gasteiger partial charge in [-0.1, -0.05) is 11.6 Å². The van der Waals surface area contributed by atoms with Gasteiger partial charge < -0.3 is 4.57 Å². The van der Waals surface area contributed by atoms with Crippen molar-refractivity contribution in [2.45, 2.75) is 33.0 Å². The van der Waals surface area contributed by atoms with Crippen molar-refractivity contribution in [1.29, 1.82) is 0 Å². The highest BCUT2D eigenvalue weighted by Gasteiger charge is 2.39. The molecule has 0 radical (unpaired) electrons. The second-order valence-corrected chi connectivity index (χ2v) is 5.21. The zero-order valence-corrected chi connectivity index (χ0v) is 12.1. The maximum atomic E-state index is 12.9. The number of halogens is 4. The number of nitro groups is 1. The van der Waals surface area contributed by atoms with Crippen LogP contribution in [0.25, 0.3) is 11.0 Å². The van der Waals surface area contributed by atoms with Crippen LogP contribution in [-0.4, -0.2) is 14.5 Å². The van der Waals surface area contributed by atoms with Gasteiger partial charge in [0.15, 0.2) is 0 Å². The third-order valence-corrected chi connectivity index (χ3v) is 3.45. The monoisotopic (exact) mass is 321 g/mol. The van der Waals surface area contributed by atoms with E-state index in [1.807, 2.05) is 0 Å². The van der Waals surface area contributed by atoms with Gasteiger partial charge in [-0.15, -0.1) is 0 Å². The van der Waals surface area contributed by atoms with Crippen LogP contribution in [0.2, 0.25) is 5.02 Å². The van der Waals surface area contributed by atoms with Crippen LogP contribution in [0.15, 0.2) is 6.07 Å². The van der Waals surface area contributed by atoms with Gasteiger partial charge in [0.1, 0.15) is 16.4 Å². The molecule has 0 N–H and O–H groups in total. The molecule has 1 aromatic heterocycles. The Morgan fingerprint density at radius 3 is 2.43 bits per heavy atom. The molecular formula is C12H11ClF3N3O2. The molecule has 1 heterocycles. The van der Waals surface area contributed by atoms with Crippen LogP contribution in [0, 0.1) is 17.0 Å². The number of aromatic nitrogens is 2.